The Morgan fingerprint density at radius 3 is 2.77 bits per heavy atom. The molecule has 3 aliphatic heterocycles. The van der Waals surface area contributed by atoms with Crippen molar-refractivity contribution in [1.29, 1.82) is 0 Å². The number of hydrogen-bond acceptors (Lipinski definition) is 8. The van der Waals surface area contributed by atoms with E-state index in [4.69, 9.17) is 21.3 Å². The largest absolute Gasteiger partial charge is 0.480 e. The van der Waals surface area contributed by atoms with Crippen LogP contribution in [-0.4, -0.2) is 70.1 Å². The van der Waals surface area contributed by atoms with Gasteiger partial charge in [0.2, 0.25) is 17.6 Å². The van der Waals surface area contributed by atoms with E-state index < -0.39 is 24.1 Å². The Labute approximate surface area is 258 Å². The number of hydrogen-bond donors (Lipinski definition) is 2. The van der Waals surface area contributed by atoms with Crippen LogP contribution in [0.5, 0.6) is 5.75 Å². The van der Waals surface area contributed by atoms with Crippen molar-refractivity contribution >= 4 is 51.6 Å². The number of benzene rings is 1. The van der Waals surface area contributed by atoms with Gasteiger partial charge in [0.25, 0.3) is 5.56 Å². The highest BCUT2D eigenvalue weighted by Gasteiger charge is 2.51. The maximum atomic E-state index is 15.0. The molecule has 2 aromatic heterocycles. The van der Waals surface area contributed by atoms with Gasteiger partial charge in [0.05, 0.1) is 23.4 Å². The van der Waals surface area contributed by atoms with Gasteiger partial charge < -0.3 is 29.7 Å². The van der Waals surface area contributed by atoms with Crippen molar-refractivity contribution < 1.29 is 18.3 Å². The van der Waals surface area contributed by atoms with E-state index >= 15 is 8.78 Å². The zero-order valence-corrected chi connectivity index (χ0v) is 25.5. The summed E-state index contributed by atoms with van der Waals surface area (Å²) in [5, 5.41) is 7.17. The number of carbonyl (C=O) groups is 1. The molecule has 1 aromatic carbocycles. The highest BCUT2D eigenvalue weighted by atomic mass is 35.5. The van der Waals surface area contributed by atoms with Crippen LogP contribution in [-0.2, 0) is 11.8 Å². The summed E-state index contributed by atoms with van der Waals surface area (Å²) in [7, 11) is 1.60. The first kappa shape index (κ1) is 29.1. The number of amides is 1. The molecule has 1 aliphatic carbocycles. The Balaban J connectivity index is 1.17. The smallest absolute Gasteiger partial charge is 0.301 e. The summed E-state index contributed by atoms with van der Waals surface area (Å²) in [5.74, 6) is -1.69. The summed E-state index contributed by atoms with van der Waals surface area (Å²) in [6, 6.07) is 4.22. The number of nitrogens with one attached hydrogen (secondary N) is 2. The topological polar surface area (TPSA) is 105 Å². The van der Waals surface area contributed by atoms with E-state index in [1.54, 1.807) is 31.4 Å². The van der Waals surface area contributed by atoms with E-state index in [9.17, 15) is 9.59 Å². The SMILES string of the molecule is CC1CC(CC(=O)N2CCC2)CN(c2ncc(Cl)c(Nc3ccc4c(c3)c3c(c(=O)n4C)OCC(F)(F)[C@H](C4CC4)N3)n2)C1. The third-order valence-corrected chi connectivity index (χ3v) is 9.58. The van der Waals surface area contributed by atoms with Gasteiger partial charge in [-0.05, 0) is 61.6 Å². The van der Waals surface area contributed by atoms with Crippen molar-refractivity contribution in [2.45, 2.75) is 51.0 Å². The van der Waals surface area contributed by atoms with Gasteiger partial charge in [-0.3, -0.25) is 9.59 Å². The number of nitrogens with zero attached hydrogens (tertiary/aromatic N) is 5. The molecule has 234 valence electrons. The monoisotopic (exact) mass is 627 g/mol. The fraction of sp³-hybridized carbons (Fsp3) is 0.548. The zero-order chi connectivity index (χ0) is 30.7. The first-order valence-electron chi connectivity index (χ1n) is 15.3. The highest BCUT2D eigenvalue weighted by Crippen LogP contribution is 2.45. The fourth-order valence-electron chi connectivity index (χ4n) is 6.75. The Kier molecular flexibility index (Phi) is 7.30. The molecule has 1 amide bonds. The summed E-state index contributed by atoms with van der Waals surface area (Å²) in [5.41, 5.74) is 0.981. The molecule has 7 rings (SSSR count). The third kappa shape index (κ3) is 5.41. The molecule has 3 fully saturated rings. The molecule has 0 bridgehead atoms. The number of alkyl halides is 2. The number of ether oxygens (including phenoxy) is 1. The number of fused-ring (bicyclic) bond motifs is 3. The molecule has 3 aromatic rings. The Morgan fingerprint density at radius 1 is 1.25 bits per heavy atom. The lowest BCUT2D eigenvalue weighted by atomic mass is 9.87. The lowest BCUT2D eigenvalue weighted by Gasteiger charge is -2.38. The predicted octanol–water partition coefficient (Wildman–Crippen LogP) is 5.03. The van der Waals surface area contributed by atoms with Crippen molar-refractivity contribution in [3.8, 4) is 5.75 Å². The maximum Gasteiger partial charge on any atom is 0.301 e. The van der Waals surface area contributed by atoms with Crippen molar-refractivity contribution in [3.05, 3.63) is 39.8 Å². The number of aryl methyl sites for hydroxylation is 1. The molecule has 5 heterocycles. The summed E-state index contributed by atoms with van der Waals surface area (Å²) in [6.07, 6.45) is 5.54. The average molecular weight is 628 g/mol. The number of anilines is 4. The summed E-state index contributed by atoms with van der Waals surface area (Å²) < 4.78 is 36.9. The van der Waals surface area contributed by atoms with Gasteiger partial charge in [0.1, 0.15) is 5.02 Å². The van der Waals surface area contributed by atoms with E-state index in [-0.39, 0.29) is 29.2 Å². The van der Waals surface area contributed by atoms with E-state index in [0.717, 1.165) is 32.5 Å². The van der Waals surface area contributed by atoms with Gasteiger partial charge in [-0.25, -0.2) is 13.8 Å². The van der Waals surface area contributed by atoms with Crippen LogP contribution in [0, 0.1) is 17.8 Å². The number of pyridine rings is 1. The molecule has 10 nitrogen and oxygen atoms in total. The number of likely N-dealkylation sites (tertiary alicyclic amines) is 1. The highest BCUT2D eigenvalue weighted by molar-refractivity contribution is 6.33. The summed E-state index contributed by atoms with van der Waals surface area (Å²) in [6.45, 7) is 4.47. The molecule has 2 N–H and O–H groups in total. The van der Waals surface area contributed by atoms with Crippen molar-refractivity contribution in [2.75, 3.05) is 48.3 Å². The molecule has 0 radical (unpaired) electrons. The van der Waals surface area contributed by atoms with Crippen LogP contribution in [0.15, 0.2) is 29.2 Å². The van der Waals surface area contributed by atoms with Crippen LogP contribution < -0.4 is 25.8 Å². The predicted molar refractivity (Wildman–Crippen MR) is 165 cm³/mol. The molecule has 44 heavy (non-hydrogen) atoms. The van der Waals surface area contributed by atoms with E-state index in [1.165, 1.54) is 4.57 Å². The van der Waals surface area contributed by atoms with Gasteiger partial charge >= 0.3 is 5.92 Å². The van der Waals surface area contributed by atoms with Crippen LogP contribution in [0.2, 0.25) is 5.02 Å². The number of piperidine rings is 1. The van der Waals surface area contributed by atoms with Crippen LogP contribution >= 0.6 is 11.6 Å². The molecule has 2 unspecified atom stereocenters. The fourth-order valence-corrected chi connectivity index (χ4v) is 6.89. The molecular formula is C31H36ClF2N7O3. The first-order chi connectivity index (χ1) is 21.1. The number of carbonyl (C=O) groups excluding carboxylic acids is 1. The zero-order valence-electron chi connectivity index (χ0n) is 24.8. The maximum absolute atomic E-state index is 15.0. The molecule has 3 atom stereocenters. The van der Waals surface area contributed by atoms with E-state index in [1.807, 2.05) is 4.90 Å². The quantitative estimate of drug-likeness (QED) is 0.392. The third-order valence-electron chi connectivity index (χ3n) is 9.31. The summed E-state index contributed by atoms with van der Waals surface area (Å²) in [4.78, 5) is 39.1. The van der Waals surface area contributed by atoms with Crippen LogP contribution in [0.1, 0.15) is 39.0 Å². The second-order valence-electron chi connectivity index (χ2n) is 12.9. The minimum atomic E-state index is -3.12. The molecule has 13 heteroatoms. The minimum absolute atomic E-state index is 0.108. The van der Waals surface area contributed by atoms with Crippen molar-refractivity contribution in [1.82, 2.24) is 19.4 Å². The van der Waals surface area contributed by atoms with Gasteiger partial charge in [-0.15, -0.1) is 0 Å². The van der Waals surface area contributed by atoms with Crippen molar-refractivity contribution in [3.63, 3.8) is 0 Å². The Bertz CT molecular complexity index is 1680. The van der Waals surface area contributed by atoms with E-state index in [0.29, 0.717) is 65.1 Å². The average Bonchev–Trinajstić information content (AvgIpc) is 3.79. The van der Waals surface area contributed by atoms with Crippen molar-refractivity contribution in [2.24, 2.45) is 24.8 Å². The molecular weight excluding hydrogens is 592 g/mol. The normalized spacial score (nSPS) is 24.5. The standard InChI is InChI=1S/C31H36ClF2N7O3/c1-17-10-18(11-24(42)40-8-3-9-40)15-41(14-17)30-35-13-22(32)28(38-30)36-20-6-7-23-21(12-20)25-26(29(43)39(23)2)44-16-31(33,34)27(37-25)19-4-5-19/h6-7,12-13,17-19,27,37H,3-5,8-11,14-16H2,1-2H3,(H,35,36,38)/t17?,18?,27-/m0/s1. The molecule has 4 aliphatic rings. The van der Waals surface area contributed by atoms with Crippen LogP contribution in [0.3, 0.4) is 0 Å². The summed E-state index contributed by atoms with van der Waals surface area (Å²) >= 11 is 6.54. The number of halogens is 3. The first-order valence-corrected chi connectivity index (χ1v) is 15.7. The number of aromatic nitrogens is 3. The number of rotatable bonds is 6. The van der Waals surface area contributed by atoms with Gasteiger partial charge in [0.15, 0.2) is 12.4 Å². The Hall–Kier alpha value is -3.67. The molecule has 0 spiro atoms. The second kappa shape index (κ2) is 11.0. The Morgan fingerprint density at radius 2 is 2.05 bits per heavy atom. The van der Waals surface area contributed by atoms with Gasteiger partial charge in [-0.1, -0.05) is 18.5 Å². The second-order valence-corrected chi connectivity index (χ2v) is 13.3. The molecule has 1 saturated carbocycles. The van der Waals surface area contributed by atoms with E-state index in [2.05, 4.69) is 27.4 Å². The minimum Gasteiger partial charge on any atom is -0.480 e. The molecule has 2 saturated heterocycles. The van der Waals surface area contributed by atoms with Gasteiger partial charge in [0, 0.05) is 50.7 Å². The lowest BCUT2D eigenvalue weighted by molar-refractivity contribution is -0.135. The lowest BCUT2D eigenvalue weighted by Crippen LogP contribution is -2.46. The van der Waals surface area contributed by atoms with Crippen LogP contribution in [0.25, 0.3) is 10.9 Å². The van der Waals surface area contributed by atoms with Gasteiger partial charge in [-0.2, -0.15) is 4.98 Å². The van der Waals surface area contributed by atoms with Crippen LogP contribution in [0.4, 0.5) is 31.9 Å².